The van der Waals surface area contributed by atoms with Crippen LogP contribution in [0.4, 0.5) is 11.4 Å². The molecule has 0 spiro atoms. The number of para-hydroxylation sites is 2. The standard InChI is InChI=1S/C25H24N4O3S2/c30-21(27-18-8-2-3-9-19(18)28-22(31)14-16-6-5-13-33-16)11-12-29-15-26-24-23(25(29)32)17-7-1-4-10-20(17)34-24/h2-3,5-6,8-9,13,15H,1,4,7,10-12,14H2,(H,27,30)(H,28,31). The average molecular weight is 493 g/mol. The van der Waals surface area contributed by atoms with E-state index in [2.05, 4.69) is 15.6 Å². The van der Waals surface area contributed by atoms with Gasteiger partial charge in [-0.3, -0.25) is 19.0 Å². The van der Waals surface area contributed by atoms with Crippen LogP contribution >= 0.6 is 22.7 Å². The number of amides is 2. The van der Waals surface area contributed by atoms with Crippen molar-refractivity contribution in [1.29, 1.82) is 0 Å². The van der Waals surface area contributed by atoms with Gasteiger partial charge in [-0.15, -0.1) is 22.7 Å². The number of rotatable bonds is 7. The quantitative estimate of drug-likeness (QED) is 0.394. The lowest BCUT2D eigenvalue weighted by atomic mass is 9.97. The van der Waals surface area contributed by atoms with Crippen LogP contribution in [-0.2, 0) is 35.4 Å². The number of carbonyl (C=O) groups excluding carboxylic acids is 2. The molecule has 7 nitrogen and oxygen atoms in total. The van der Waals surface area contributed by atoms with Crippen molar-refractivity contribution >= 4 is 56.1 Å². The number of benzene rings is 1. The van der Waals surface area contributed by atoms with Gasteiger partial charge in [0, 0.05) is 22.7 Å². The van der Waals surface area contributed by atoms with Gasteiger partial charge in [0.2, 0.25) is 11.8 Å². The van der Waals surface area contributed by atoms with Crippen molar-refractivity contribution in [2.75, 3.05) is 10.6 Å². The first-order valence-corrected chi connectivity index (χ1v) is 13.0. The maximum Gasteiger partial charge on any atom is 0.262 e. The molecule has 9 heteroatoms. The molecule has 1 aliphatic rings. The Morgan fingerprint density at radius 2 is 1.76 bits per heavy atom. The number of nitrogens with one attached hydrogen (secondary N) is 2. The molecule has 0 saturated heterocycles. The summed E-state index contributed by atoms with van der Waals surface area (Å²) in [5, 5.41) is 8.39. The summed E-state index contributed by atoms with van der Waals surface area (Å²) in [6.45, 7) is 0.241. The van der Waals surface area contributed by atoms with Gasteiger partial charge in [-0.25, -0.2) is 4.98 Å². The van der Waals surface area contributed by atoms with Crippen LogP contribution in [-0.4, -0.2) is 21.4 Å². The van der Waals surface area contributed by atoms with Crippen molar-refractivity contribution in [1.82, 2.24) is 9.55 Å². The molecule has 0 radical (unpaired) electrons. The zero-order valence-electron chi connectivity index (χ0n) is 18.5. The van der Waals surface area contributed by atoms with Crippen LogP contribution in [0.3, 0.4) is 0 Å². The number of hydrogen-bond acceptors (Lipinski definition) is 6. The number of nitrogens with zero attached hydrogens (tertiary/aromatic N) is 2. The molecule has 0 unspecified atom stereocenters. The largest absolute Gasteiger partial charge is 0.324 e. The molecule has 3 heterocycles. The first-order chi connectivity index (χ1) is 16.6. The molecular weight excluding hydrogens is 468 g/mol. The summed E-state index contributed by atoms with van der Waals surface area (Å²) in [6, 6.07) is 10.9. The lowest BCUT2D eigenvalue weighted by molar-refractivity contribution is -0.117. The first kappa shape index (κ1) is 22.5. The number of aryl methyl sites for hydroxylation is 3. The van der Waals surface area contributed by atoms with Crippen LogP contribution in [0, 0.1) is 0 Å². The van der Waals surface area contributed by atoms with E-state index in [1.54, 1.807) is 41.9 Å². The van der Waals surface area contributed by atoms with E-state index in [4.69, 9.17) is 0 Å². The van der Waals surface area contributed by atoms with Gasteiger partial charge in [0.15, 0.2) is 0 Å². The van der Waals surface area contributed by atoms with E-state index in [-0.39, 0.29) is 36.8 Å². The zero-order valence-corrected chi connectivity index (χ0v) is 20.1. The minimum Gasteiger partial charge on any atom is -0.324 e. The predicted octanol–water partition coefficient (Wildman–Crippen LogP) is 4.61. The van der Waals surface area contributed by atoms with Gasteiger partial charge in [-0.1, -0.05) is 18.2 Å². The minimum absolute atomic E-state index is 0.0709. The molecule has 0 fully saturated rings. The number of hydrogen-bond donors (Lipinski definition) is 2. The number of aromatic nitrogens is 2. The third-order valence-corrected chi connectivity index (χ3v) is 7.99. The van der Waals surface area contributed by atoms with Crippen LogP contribution < -0.4 is 16.2 Å². The molecule has 2 amide bonds. The minimum atomic E-state index is -0.237. The average Bonchev–Trinajstić information content (AvgIpc) is 3.47. The Balaban J connectivity index is 1.25. The molecule has 1 aliphatic carbocycles. The summed E-state index contributed by atoms with van der Waals surface area (Å²) in [5.41, 5.74) is 2.15. The predicted molar refractivity (Wildman–Crippen MR) is 137 cm³/mol. The van der Waals surface area contributed by atoms with Gasteiger partial charge in [0.1, 0.15) is 4.83 Å². The number of carbonyl (C=O) groups is 2. The third kappa shape index (κ3) is 4.80. The Morgan fingerprint density at radius 3 is 2.53 bits per heavy atom. The molecule has 0 atom stereocenters. The highest BCUT2D eigenvalue weighted by atomic mass is 32.1. The van der Waals surface area contributed by atoms with E-state index >= 15 is 0 Å². The topological polar surface area (TPSA) is 93.1 Å². The second-order valence-corrected chi connectivity index (χ2v) is 10.4. The van der Waals surface area contributed by atoms with Gasteiger partial charge in [-0.2, -0.15) is 0 Å². The molecule has 34 heavy (non-hydrogen) atoms. The molecule has 0 bridgehead atoms. The maximum atomic E-state index is 13.1. The van der Waals surface area contributed by atoms with Gasteiger partial charge in [0.25, 0.3) is 5.56 Å². The highest BCUT2D eigenvalue weighted by Crippen LogP contribution is 2.33. The zero-order chi connectivity index (χ0) is 23.5. The molecule has 174 valence electrons. The van der Waals surface area contributed by atoms with Crippen LogP contribution in [0.1, 0.15) is 34.6 Å². The molecule has 5 rings (SSSR count). The van der Waals surface area contributed by atoms with E-state index in [1.807, 2.05) is 17.5 Å². The summed E-state index contributed by atoms with van der Waals surface area (Å²) in [5.74, 6) is -0.381. The maximum absolute atomic E-state index is 13.1. The van der Waals surface area contributed by atoms with Crippen molar-refractivity contribution in [3.8, 4) is 0 Å². The first-order valence-electron chi connectivity index (χ1n) is 11.3. The van der Waals surface area contributed by atoms with E-state index in [1.165, 1.54) is 20.8 Å². The Morgan fingerprint density at radius 1 is 1.00 bits per heavy atom. The van der Waals surface area contributed by atoms with E-state index in [0.29, 0.717) is 11.4 Å². The molecule has 2 N–H and O–H groups in total. The van der Waals surface area contributed by atoms with Crippen LogP contribution in [0.5, 0.6) is 0 Å². The fraction of sp³-hybridized carbons (Fsp3) is 0.280. The summed E-state index contributed by atoms with van der Waals surface area (Å²) in [6.07, 6.45) is 6.14. The second kappa shape index (κ2) is 9.90. The molecule has 0 saturated carbocycles. The van der Waals surface area contributed by atoms with Crippen molar-refractivity contribution in [3.05, 3.63) is 73.8 Å². The van der Waals surface area contributed by atoms with Crippen molar-refractivity contribution in [2.45, 2.75) is 45.1 Å². The van der Waals surface area contributed by atoms with E-state index in [0.717, 1.165) is 46.3 Å². The second-order valence-electron chi connectivity index (χ2n) is 8.28. The van der Waals surface area contributed by atoms with Gasteiger partial charge >= 0.3 is 0 Å². The summed E-state index contributed by atoms with van der Waals surface area (Å²) >= 11 is 3.15. The van der Waals surface area contributed by atoms with Gasteiger partial charge < -0.3 is 10.6 Å². The van der Waals surface area contributed by atoms with Crippen LogP contribution in [0.25, 0.3) is 10.2 Å². The van der Waals surface area contributed by atoms with Crippen molar-refractivity contribution in [3.63, 3.8) is 0 Å². The SMILES string of the molecule is O=C(CCn1cnc2sc3c(c2c1=O)CCCC3)Nc1ccccc1NC(=O)Cc1cccs1. The third-order valence-electron chi connectivity index (χ3n) is 5.91. The normalized spacial score (nSPS) is 12.9. The van der Waals surface area contributed by atoms with Crippen molar-refractivity contribution in [2.24, 2.45) is 0 Å². The highest BCUT2D eigenvalue weighted by molar-refractivity contribution is 7.18. The summed E-state index contributed by atoms with van der Waals surface area (Å²) in [4.78, 5) is 45.7. The molecule has 1 aromatic carbocycles. The van der Waals surface area contributed by atoms with Crippen LogP contribution in [0.2, 0.25) is 0 Å². The fourth-order valence-corrected chi connectivity index (χ4v) is 6.17. The number of fused-ring (bicyclic) bond motifs is 3. The van der Waals surface area contributed by atoms with E-state index < -0.39 is 0 Å². The Hall–Kier alpha value is -3.30. The summed E-state index contributed by atoms with van der Waals surface area (Å²) < 4.78 is 1.53. The molecule has 3 aromatic heterocycles. The Labute approximate surface area is 204 Å². The number of anilines is 2. The highest BCUT2D eigenvalue weighted by Gasteiger charge is 2.20. The van der Waals surface area contributed by atoms with E-state index in [9.17, 15) is 14.4 Å². The molecule has 4 aromatic rings. The van der Waals surface area contributed by atoms with Gasteiger partial charge in [-0.05, 0) is 54.8 Å². The monoisotopic (exact) mass is 492 g/mol. The summed E-state index contributed by atoms with van der Waals surface area (Å²) in [7, 11) is 0. The van der Waals surface area contributed by atoms with Crippen molar-refractivity contribution < 1.29 is 9.59 Å². The van der Waals surface area contributed by atoms with Gasteiger partial charge in [0.05, 0.1) is 29.5 Å². The smallest absolute Gasteiger partial charge is 0.262 e. The van der Waals surface area contributed by atoms with Crippen LogP contribution in [0.15, 0.2) is 52.9 Å². The molecular formula is C25H24N4O3S2. The Kier molecular flexibility index (Phi) is 6.55. The lowest BCUT2D eigenvalue weighted by Crippen LogP contribution is -2.24. The number of thiophene rings is 2. The fourth-order valence-electron chi connectivity index (χ4n) is 4.24. The molecule has 0 aliphatic heterocycles. The Bertz CT molecular complexity index is 1410. The lowest BCUT2D eigenvalue weighted by Gasteiger charge is -2.13.